The van der Waals surface area contributed by atoms with Gasteiger partial charge in [0.2, 0.25) is 11.8 Å². The third kappa shape index (κ3) is 13.0. The van der Waals surface area contributed by atoms with Gasteiger partial charge in [0, 0.05) is 32.3 Å². The van der Waals surface area contributed by atoms with Crippen LogP contribution in [-0.4, -0.2) is 75.1 Å². The van der Waals surface area contributed by atoms with Crippen LogP contribution in [0, 0.1) is 5.92 Å². The fourth-order valence-electron chi connectivity index (χ4n) is 6.41. The van der Waals surface area contributed by atoms with E-state index in [9.17, 15) is 19.2 Å². The summed E-state index contributed by atoms with van der Waals surface area (Å²) in [5.74, 6) is 0.775. The highest BCUT2D eigenvalue weighted by atomic mass is 16.6. The summed E-state index contributed by atoms with van der Waals surface area (Å²) in [6.45, 7) is 15.0. The quantitative estimate of drug-likeness (QED) is 0.132. The number of piperidine rings is 1. The van der Waals surface area contributed by atoms with Gasteiger partial charge in [-0.15, -0.1) is 0 Å². The summed E-state index contributed by atoms with van der Waals surface area (Å²) in [5, 5.41) is 8.22. The van der Waals surface area contributed by atoms with Crippen molar-refractivity contribution in [3.63, 3.8) is 0 Å². The minimum atomic E-state index is -1.40. The van der Waals surface area contributed by atoms with Gasteiger partial charge in [-0.05, 0) is 77.3 Å². The summed E-state index contributed by atoms with van der Waals surface area (Å²) < 4.78 is 13.3. The van der Waals surface area contributed by atoms with Crippen LogP contribution >= 0.6 is 0 Å². The number of carbonyl (C=O) groups excluding carboxylic acids is 4. The van der Waals surface area contributed by atoms with Gasteiger partial charge >= 0.3 is 6.09 Å². The molecule has 294 valence electrons. The molecule has 2 atom stereocenters. The second-order valence-corrected chi connectivity index (χ2v) is 15.8. The summed E-state index contributed by atoms with van der Waals surface area (Å²) in [6, 6.07) is 18.5. The van der Waals surface area contributed by atoms with Crippen molar-refractivity contribution in [3.8, 4) is 0 Å². The Balaban J connectivity index is 1.39. The third-order valence-corrected chi connectivity index (χ3v) is 9.56. The van der Waals surface area contributed by atoms with Crippen molar-refractivity contribution in [2.75, 3.05) is 25.0 Å². The molecule has 0 aliphatic carbocycles. The number of anilines is 1. The SMILES string of the molecule is CCc1nc(NC(=O)[C@@H](COCc2ccccc2)NC(=O)C(C)(C)NC(=O)OC(C)(C)C)cn1CCCCC(C(=O)N1CCC(C)CC1)c1ccccc1. The minimum Gasteiger partial charge on any atom is -0.444 e. The molecule has 1 saturated heterocycles. The summed E-state index contributed by atoms with van der Waals surface area (Å²) >= 11 is 0. The Morgan fingerprint density at radius 2 is 1.57 bits per heavy atom. The van der Waals surface area contributed by atoms with Gasteiger partial charge in [0.05, 0.1) is 19.1 Å². The van der Waals surface area contributed by atoms with Crippen molar-refractivity contribution < 1.29 is 28.7 Å². The standard InChI is InChI=1S/C42H60N6O6/c1-8-36-44-35(27-48(36)24-16-15-21-33(32-19-13-10-14-20-32)38(50)47-25-22-30(2)23-26-47)45-37(49)34(29-53-28-31-17-11-9-12-18-31)43-39(51)42(6,7)46-40(52)54-41(3,4)5/h9-14,17-20,27,30,33-34H,8,15-16,21-26,28-29H2,1-7H3,(H,43,51)(H,45,49)(H,46,52)/t33?,34-/m1/s1. The zero-order valence-electron chi connectivity index (χ0n) is 33.2. The number of benzene rings is 2. The molecule has 1 aliphatic rings. The second-order valence-electron chi connectivity index (χ2n) is 15.8. The van der Waals surface area contributed by atoms with Crippen molar-refractivity contribution in [2.24, 2.45) is 5.92 Å². The normalized spacial score (nSPS) is 14.9. The number of likely N-dealkylation sites (tertiary alicyclic amines) is 1. The monoisotopic (exact) mass is 744 g/mol. The maximum atomic E-state index is 13.7. The van der Waals surface area contributed by atoms with Crippen LogP contribution in [-0.2, 0) is 43.4 Å². The number of ether oxygens (including phenoxy) is 2. The molecule has 0 saturated carbocycles. The van der Waals surface area contributed by atoms with Gasteiger partial charge < -0.3 is 34.9 Å². The first-order chi connectivity index (χ1) is 25.6. The average Bonchev–Trinajstić information content (AvgIpc) is 3.52. The van der Waals surface area contributed by atoms with E-state index in [1.165, 1.54) is 13.8 Å². The number of nitrogens with one attached hydrogen (secondary N) is 3. The Morgan fingerprint density at radius 3 is 2.20 bits per heavy atom. The van der Waals surface area contributed by atoms with E-state index in [4.69, 9.17) is 9.47 Å². The number of amides is 4. The van der Waals surface area contributed by atoms with E-state index < -0.39 is 35.1 Å². The van der Waals surface area contributed by atoms with Gasteiger partial charge in [-0.1, -0.05) is 80.9 Å². The first-order valence-corrected chi connectivity index (χ1v) is 19.3. The number of nitrogens with zero attached hydrogens (tertiary/aromatic N) is 3. The molecule has 3 aromatic rings. The van der Waals surface area contributed by atoms with E-state index in [2.05, 4.69) is 40.0 Å². The first-order valence-electron chi connectivity index (χ1n) is 19.3. The van der Waals surface area contributed by atoms with Crippen molar-refractivity contribution >= 4 is 29.6 Å². The number of hydrogen-bond donors (Lipinski definition) is 3. The van der Waals surface area contributed by atoms with Crippen LogP contribution in [0.2, 0.25) is 0 Å². The van der Waals surface area contributed by atoms with Gasteiger partial charge in [0.1, 0.15) is 23.0 Å². The van der Waals surface area contributed by atoms with E-state index in [-0.39, 0.29) is 25.0 Å². The molecule has 2 heterocycles. The van der Waals surface area contributed by atoms with Crippen molar-refractivity contribution in [1.82, 2.24) is 25.1 Å². The maximum Gasteiger partial charge on any atom is 0.408 e. The van der Waals surface area contributed by atoms with Crippen LogP contribution in [0.3, 0.4) is 0 Å². The van der Waals surface area contributed by atoms with E-state index >= 15 is 0 Å². The molecule has 3 N–H and O–H groups in total. The number of carbonyl (C=O) groups is 4. The summed E-state index contributed by atoms with van der Waals surface area (Å²) in [5.41, 5.74) is -0.169. The molecule has 12 heteroatoms. The molecule has 1 fully saturated rings. The average molecular weight is 745 g/mol. The van der Waals surface area contributed by atoms with Crippen LogP contribution in [0.4, 0.5) is 10.6 Å². The molecule has 1 aliphatic heterocycles. The Hall–Kier alpha value is -4.71. The van der Waals surface area contributed by atoms with Crippen LogP contribution in [0.25, 0.3) is 0 Å². The van der Waals surface area contributed by atoms with E-state index in [0.717, 1.165) is 62.1 Å². The smallest absolute Gasteiger partial charge is 0.408 e. The van der Waals surface area contributed by atoms with Crippen LogP contribution < -0.4 is 16.0 Å². The molecule has 1 unspecified atom stereocenters. The predicted octanol–water partition coefficient (Wildman–Crippen LogP) is 6.60. The molecule has 1 aromatic heterocycles. The summed E-state index contributed by atoms with van der Waals surface area (Å²) in [7, 11) is 0. The summed E-state index contributed by atoms with van der Waals surface area (Å²) in [6.07, 6.45) is 6.23. The lowest BCUT2D eigenvalue weighted by atomic mass is 9.90. The number of rotatable bonds is 17. The number of aromatic nitrogens is 2. The molecular formula is C42H60N6O6. The van der Waals surface area contributed by atoms with Gasteiger partial charge in [0.15, 0.2) is 5.82 Å². The molecule has 0 spiro atoms. The number of unbranched alkanes of at least 4 members (excludes halogenated alkanes) is 1. The number of hydrogen-bond acceptors (Lipinski definition) is 7. The molecule has 4 amide bonds. The van der Waals surface area contributed by atoms with Crippen LogP contribution in [0.15, 0.2) is 66.9 Å². The van der Waals surface area contributed by atoms with Crippen molar-refractivity contribution in [1.29, 1.82) is 0 Å². The number of aryl methyl sites for hydroxylation is 2. The molecule has 54 heavy (non-hydrogen) atoms. The highest BCUT2D eigenvalue weighted by Gasteiger charge is 2.35. The fraction of sp³-hybridized carbons (Fsp3) is 0.548. The Kier molecular flexibility index (Phi) is 15.2. The zero-order chi connectivity index (χ0) is 39.3. The summed E-state index contributed by atoms with van der Waals surface area (Å²) in [4.78, 5) is 60.1. The largest absolute Gasteiger partial charge is 0.444 e. The molecule has 0 radical (unpaired) electrons. The number of imidazole rings is 1. The zero-order valence-corrected chi connectivity index (χ0v) is 33.2. The Bertz CT molecular complexity index is 1660. The molecular weight excluding hydrogens is 684 g/mol. The Labute approximate surface area is 320 Å². The van der Waals surface area contributed by atoms with Gasteiger partial charge in [-0.25, -0.2) is 9.78 Å². The predicted molar refractivity (Wildman–Crippen MR) is 210 cm³/mol. The first kappa shape index (κ1) is 42.0. The Morgan fingerprint density at radius 1 is 0.926 bits per heavy atom. The molecule has 4 rings (SSSR count). The van der Waals surface area contributed by atoms with Gasteiger partial charge in [-0.2, -0.15) is 0 Å². The van der Waals surface area contributed by atoms with Gasteiger partial charge in [0.25, 0.3) is 5.91 Å². The lowest BCUT2D eigenvalue weighted by Gasteiger charge is -2.33. The topological polar surface area (TPSA) is 144 Å². The van der Waals surface area contributed by atoms with Crippen LogP contribution in [0.1, 0.15) is 103 Å². The molecule has 0 bridgehead atoms. The minimum absolute atomic E-state index is 0.117. The molecule has 12 nitrogen and oxygen atoms in total. The number of alkyl carbamates (subject to hydrolysis) is 1. The maximum absolute atomic E-state index is 13.7. The van der Waals surface area contributed by atoms with Gasteiger partial charge in [-0.3, -0.25) is 14.4 Å². The lowest BCUT2D eigenvalue weighted by Crippen LogP contribution is -2.59. The van der Waals surface area contributed by atoms with Crippen LogP contribution in [0.5, 0.6) is 0 Å². The van der Waals surface area contributed by atoms with E-state index in [1.807, 2.05) is 71.1 Å². The highest BCUT2D eigenvalue weighted by molar-refractivity contribution is 5.98. The molecule has 2 aromatic carbocycles. The fourth-order valence-corrected chi connectivity index (χ4v) is 6.41. The van der Waals surface area contributed by atoms with Crippen molar-refractivity contribution in [2.45, 2.75) is 123 Å². The van der Waals surface area contributed by atoms with Crippen molar-refractivity contribution in [3.05, 3.63) is 83.8 Å². The highest BCUT2D eigenvalue weighted by Crippen LogP contribution is 2.28. The second kappa shape index (κ2) is 19.6. The van der Waals surface area contributed by atoms with E-state index in [0.29, 0.717) is 24.7 Å². The lowest BCUT2D eigenvalue weighted by molar-refractivity contribution is -0.134. The van der Waals surface area contributed by atoms with E-state index in [1.54, 1.807) is 20.8 Å². The third-order valence-electron chi connectivity index (χ3n) is 9.56.